The number of hydrogen-bond donors (Lipinski definition) is 4. The summed E-state index contributed by atoms with van der Waals surface area (Å²) < 4.78 is 0. The van der Waals surface area contributed by atoms with Crippen LogP contribution in [0.4, 0.5) is 0 Å². The van der Waals surface area contributed by atoms with Gasteiger partial charge in [-0.1, -0.05) is 43.3 Å². The standard InChI is InChI=1S/2C6H6O.C5H10O3.Ti/c2*7-6-4-2-1-3-5-6;1-3-5(2,8)4(6)7;/h2*1-5,7H;8H,3H2,1-2H3,(H,6,7);. The fourth-order valence-corrected chi connectivity index (χ4v) is 1.01. The summed E-state index contributed by atoms with van der Waals surface area (Å²) in [6.07, 6.45) is 0.238. The summed E-state index contributed by atoms with van der Waals surface area (Å²) in [5.41, 5.74) is -1.54. The minimum Gasteiger partial charge on any atom is -0.508 e. The third-order valence-electron chi connectivity index (χ3n) is 2.66. The average molecular weight is 354 g/mol. The maximum Gasteiger partial charge on any atom is 0.335 e. The molecule has 2 aromatic carbocycles. The molecule has 0 bridgehead atoms. The van der Waals surface area contributed by atoms with Crippen LogP contribution >= 0.6 is 0 Å². The topological polar surface area (TPSA) is 98.0 Å². The zero-order valence-electron chi connectivity index (χ0n) is 13.2. The number of para-hydroxylation sites is 2. The molecule has 0 saturated carbocycles. The van der Waals surface area contributed by atoms with Crippen molar-refractivity contribution in [2.45, 2.75) is 25.9 Å². The number of carbonyl (C=O) groups is 1. The monoisotopic (exact) mass is 354 g/mol. The zero-order valence-corrected chi connectivity index (χ0v) is 14.7. The van der Waals surface area contributed by atoms with Crippen LogP contribution in [0.5, 0.6) is 11.5 Å². The summed E-state index contributed by atoms with van der Waals surface area (Å²) in [7, 11) is 0. The molecule has 0 aliphatic carbocycles. The second kappa shape index (κ2) is 12.7. The molecule has 2 aromatic rings. The predicted octanol–water partition coefficient (Wildman–Crippen LogP) is 3.01. The van der Waals surface area contributed by atoms with Gasteiger partial charge in [0.1, 0.15) is 11.5 Å². The summed E-state index contributed by atoms with van der Waals surface area (Å²) >= 11 is 0. The molecule has 0 amide bonds. The van der Waals surface area contributed by atoms with Crippen molar-refractivity contribution in [1.82, 2.24) is 0 Å². The molecule has 1 unspecified atom stereocenters. The number of carboxylic acid groups (broad SMARTS) is 1. The molecule has 0 heterocycles. The Morgan fingerprint density at radius 1 is 0.913 bits per heavy atom. The SMILES string of the molecule is CCC(C)(O)C(=O)O.Oc1ccccc1.Oc1ccccc1.[Ti]. The first-order chi connectivity index (χ1) is 10.3. The third-order valence-corrected chi connectivity index (χ3v) is 2.66. The van der Waals surface area contributed by atoms with Crippen molar-refractivity contribution >= 4 is 5.97 Å². The fourth-order valence-electron chi connectivity index (χ4n) is 1.01. The van der Waals surface area contributed by atoms with E-state index in [1.165, 1.54) is 6.92 Å². The average Bonchev–Trinajstić information content (AvgIpc) is 2.50. The van der Waals surface area contributed by atoms with Crippen LogP contribution in [-0.2, 0) is 26.5 Å². The Morgan fingerprint density at radius 3 is 1.30 bits per heavy atom. The van der Waals surface area contributed by atoms with E-state index in [2.05, 4.69) is 0 Å². The van der Waals surface area contributed by atoms with Crippen molar-refractivity contribution in [3.63, 3.8) is 0 Å². The van der Waals surface area contributed by atoms with Gasteiger partial charge in [-0.25, -0.2) is 4.79 Å². The first kappa shape index (κ1) is 23.5. The molecule has 0 saturated heterocycles. The van der Waals surface area contributed by atoms with Gasteiger partial charge in [-0.2, -0.15) is 0 Å². The molecule has 23 heavy (non-hydrogen) atoms. The Hall–Kier alpha value is -1.82. The van der Waals surface area contributed by atoms with E-state index in [9.17, 15) is 4.79 Å². The van der Waals surface area contributed by atoms with E-state index in [0.29, 0.717) is 11.5 Å². The minimum absolute atomic E-state index is 0. The van der Waals surface area contributed by atoms with Crippen molar-refractivity contribution in [3.05, 3.63) is 60.7 Å². The molecular formula is C17H22O5Ti. The van der Waals surface area contributed by atoms with Crippen LogP contribution in [0.15, 0.2) is 60.7 Å². The molecule has 0 radical (unpaired) electrons. The van der Waals surface area contributed by atoms with Crippen molar-refractivity contribution in [3.8, 4) is 11.5 Å². The summed E-state index contributed by atoms with van der Waals surface area (Å²) in [5, 5.41) is 34.3. The van der Waals surface area contributed by atoms with Gasteiger partial charge in [-0.15, -0.1) is 0 Å². The van der Waals surface area contributed by atoms with E-state index in [-0.39, 0.29) is 28.1 Å². The molecule has 0 fully saturated rings. The van der Waals surface area contributed by atoms with Crippen LogP contribution in [-0.4, -0.2) is 32.0 Å². The van der Waals surface area contributed by atoms with Crippen LogP contribution in [0.1, 0.15) is 20.3 Å². The van der Waals surface area contributed by atoms with Crippen LogP contribution in [0.25, 0.3) is 0 Å². The van der Waals surface area contributed by atoms with Crippen molar-refractivity contribution in [2.75, 3.05) is 0 Å². The Balaban J connectivity index is 0. The molecule has 0 aliphatic heterocycles. The van der Waals surface area contributed by atoms with Crippen LogP contribution in [0, 0.1) is 0 Å². The number of carboxylic acids is 1. The fraction of sp³-hybridized carbons (Fsp3) is 0.235. The van der Waals surface area contributed by atoms with Gasteiger partial charge < -0.3 is 20.4 Å². The molecule has 5 nitrogen and oxygen atoms in total. The van der Waals surface area contributed by atoms with Crippen molar-refractivity contribution in [2.24, 2.45) is 0 Å². The van der Waals surface area contributed by atoms with E-state index >= 15 is 0 Å². The van der Waals surface area contributed by atoms with E-state index in [1.807, 2.05) is 12.1 Å². The Bertz CT molecular complexity index is 492. The smallest absolute Gasteiger partial charge is 0.335 e. The molecular weight excluding hydrogens is 332 g/mol. The van der Waals surface area contributed by atoms with Crippen LogP contribution < -0.4 is 0 Å². The van der Waals surface area contributed by atoms with E-state index < -0.39 is 11.6 Å². The van der Waals surface area contributed by atoms with Gasteiger partial charge >= 0.3 is 5.97 Å². The second-order valence-electron chi connectivity index (χ2n) is 4.60. The molecule has 124 valence electrons. The number of phenols is 2. The van der Waals surface area contributed by atoms with E-state index in [1.54, 1.807) is 55.5 Å². The summed E-state index contributed by atoms with van der Waals surface area (Å²) in [6.45, 7) is 2.89. The molecule has 1 atom stereocenters. The zero-order chi connectivity index (χ0) is 17.0. The molecule has 0 spiro atoms. The van der Waals surface area contributed by atoms with Gasteiger partial charge in [-0.3, -0.25) is 0 Å². The van der Waals surface area contributed by atoms with Gasteiger partial charge in [0.05, 0.1) is 0 Å². The first-order valence-corrected chi connectivity index (χ1v) is 6.73. The quantitative estimate of drug-likeness (QED) is 0.622. The van der Waals surface area contributed by atoms with Crippen molar-refractivity contribution in [1.29, 1.82) is 0 Å². The molecule has 4 N–H and O–H groups in total. The molecule has 0 aromatic heterocycles. The van der Waals surface area contributed by atoms with Gasteiger partial charge in [0.25, 0.3) is 0 Å². The normalized spacial score (nSPS) is 11.3. The number of rotatable bonds is 2. The Kier molecular flexibility index (Phi) is 12.9. The molecule has 0 aliphatic rings. The number of aromatic hydroxyl groups is 2. The Morgan fingerprint density at radius 2 is 1.22 bits per heavy atom. The van der Waals surface area contributed by atoms with Gasteiger partial charge in [0.2, 0.25) is 0 Å². The third kappa shape index (κ3) is 12.4. The number of aliphatic hydroxyl groups is 1. The summed E-state index contributed by atoms with van der Waals surface area (Å²) in [5.74, 6) is -0.523. The second-order valence-corrected chi connectivity index (χ2v) is 4.60. The minimum atomic E-state index is -1.54. The van der Waals surface area contributed by atoms with Crippen LogP contribution in [0.3, 0.4) is 0 Å². The number of benzene rings is 2. The maximum absolute atomic E-state index is 10.0. The largest absolute Gasteiger partial charge is 0.508 e. The van der Waals surface area contributed by atoms with Gasteiger partial charge in [0, 0.05) is 21.7 Å². The predicted molar refractivity (Wildman–Crippen MR) is 84.8 cm³/mol. The van der Waals surface area contributed by atoms with E-state index in [4.69, 9.17) is 20.4 Å². The number of phenolic OH excluding ortho intramolecular Hbond substituents is 2. The number of hydrogen-bond acceptors (Lipinski definition) is 4. The van der Waals surface area contributed by atoms with Crippen molar-refractivity contribution < 1.29 is 46.9 Å². The summed E-state index contributed by atoms with van der Waals surface area (Å²) in [4.78, 5) is 10.0. The summed E-state index contributed by atoms with van der Waals surface area (Å²) in [6, 6.07) is 17.4. The van der Waals surface area contributed by atoms with Gasteiger partial charge in [-0.05, 0) is 37.6 Å². The molecule has 2 rings (SSSR count). The van der Waals surface area contributed by atoms with Crippen LogP contribution in [0.2, 0.25) is 0 Å². The first-order valence-electron chi connectivity index (χ1n) is 6.73. The Labute approximate surface area is 151 Å². The maximum atomic E-state index is 10.0. The number of aliphatic carboxylic acids is 1. The van der Waals surface area contributed by atoms with Gasteiger partial charge in [0.15, 0.2) is 5.60 Å². The van der Waals surface area contributed by atoms with E-state index in [0.717, 1.165) is 0 Å². The molecule has 6 heteroatoms.